The van der Waals surface area contributed by atoms with Crippen LogP contribution in [0, 0.1) is 11.6 Å². The molecule has 0 aliphatic carbocycles. The average molecular weight is 431 g/mol. The van der Waals surface area contributed by atoms with Crippen molar-refractivity contribution >= 4 is 55.1 Å². The molecule has 1 atom stereocenters. The van der Waals surface area contributed by atoms with Crippen LogP contribution in [0.2, 0.25) is 10.0 Å². The molecule has 0 nitrogen and oxygen atoms in total. The Labute approximate surface area is 136 Å². The summed E-state index contributed by atoms with van der Waals surface area (Å²) in [7, 11) is 0. The van der Waals surface area contributed by atoms with Crippen molar-refractivity contribution in [1.29, 1.82) is 0 Å². The molecule has 0 radical (unpaired) electrons. The Balaban J connectivity index is 2.49. The van der Waals surface area contributed by atoms with Crippen LogP contribution >= 0.6 is 55.1 Å². The van der Waals surface area contributed by atoms with Gasteiger partial charge in [-0.25, -0.2) is 8.78 Å². The van der Waals surface area contributed by atoms with Gasteiger partial charge in [0.25, 0.3) is 0 Å². The highest BCUT2D eigenvalue weighted by molar-refractivity contribution is 9.10. The Kier molecular flexibility index (Phi) is 4.88. The Hall–Kier alpha value is -0.160. The highest BCUT2D eigenvalue weighted by atomic mass is 79.9. The summed E-state index contributed by atoms with van der Waals surface area (Å²) in [4.78, 5) is -0.421. The van der Waals surface area contributed by atoms with Crippen molar-refractivity contribution in [2.45, 2.75) is 4.83 Å². The molecule has 0 saturated carbocycles. The Morgan fingerprint density at radius 3 is 2.11 bits per heavy atom. The van der Waals surface area contributed by atoms with Gasteiger partial charge in [0.15, 0.2) is 11.6 Å². The molecule has 0 aliphatic heterocycles. The number of halogens is 6. The molecule has 0 N–H and O–H groups in total. The normalized spacial score (nSPS) is 12.5. The van der Waals surface area contributed by atoms with E-state index in [1.807, 2.05) is 6.07 Å². The van der Waals surface area contributed by atoms with Crippen LogP contribution in [0.4, 0.5) is 8.78 Å². The third-order valence-corrected chi connectivity index (χ3v) is 4.68. The van der Waals surface area contributed by atoms with Gasteiger partial charge >= 0.3 is 0 Å². The van der Waals surface area contributed by atoms with Crippen molar-refractivity contribution in [3.05, 3.63) is 67.6 Å². The molecule has 0 fully saturated rings. The smallest absolute Gasteiger partial charge is 0.160 e. The van der Waals surface area contributed by atoms with Gasteiger partial charge in [-0.15, -0.1) is 0 Å². The molecule has 0 saturated heterocycles. The molecule has 0 spiro atoms. The van der Waals surface area contributed by atoms with Crippen LogP contribution in [0.25, 0.3) is 0 Å². The topological polar surface area (TPSA) is 0 Å². The predicted molar refractivity (Wildman–Crippen MR) is 81.3 cm³/mol. The van der Waals surface area contributed by atoms with E-state index in [0.29, 0.717) is 10.6 Å². The van der Waals surface area contributed by atoms with E-state index >= 15 is 0 Å². The zero-order valence-corrected chi connectivity index (χ0v) is 13.9. The molecule has 0 amide bonds. The van der Waals surface area contributed by atoms with Crippen molar-refractivity contribution in [1.82, 2.24) is 0 Å². The number of hydrogen-bond donors (Lipinski definition) is 0. The highest BCUT2D eigenvalue weighted by Gasteiger charge is 2.19. The summed E-state index contributed by atoms with van der Waals surface area (Å²) in [6, 6.07) is 7.33. The second kappa shape index (κ2) is 6.08. The van der Waals surface area contributed by atoms with Crippen LogP contribution in [-0.2, 0) is 0 Å². The summed E-state index contributed by atoms with van der Waals surface area (Å²) in [6.45, 7) is 0. The van der Waals surface area contributed by atoms with E-state index in [1.165, 1.54) is 0 Å². The van der Waals surface area contributed by atoms with E-state index < -0.39 is 16.5 Å². The van der Waals surface area contributed by atoms with Crippen LogP contribution in [0.15, 0.2) is 34.8 Å². The summed E-state index contributed by atoms with van der Waals surface area (Å²) >= 11 is 18.8. The number of hydrogen-bond acceptors (Lipinski definition) is 0. The minimum absolute atomic E-state index is 0.139. The summed E-state index contributed by atoms with van der Waals surface area (Å²) < 4.78 is 27.2. The lowest BCUT2D eigenvalue weighted by Gasteiger charge is -2.14. The molecular weight excluding hydrogens is 425 g/mol. The van der Waals surface area contributed by atoms with Crippen molar-refractivity contribution in [3.63, 3.8) is 0 Å². The summed E-state index contributed by atoms with van der Waals surface area (Å²) in [5.41, 5.74) is 1.14. The molecule has 2 aromatic rings. The van der Waals surface area contributed by atoms with E-state index in [2.05, 4.69) is 31.9 Å². The van der Waals surface area contributed by atoms with E-state index in [1.54, 1.807) is 12.1 Å². The zero-order chi connectivity index (χ0) is 14.2. The first kappa shape index (κ1) is 15.2. The van der Waals surface area contributed by atoms with E-state index in [-0.39, 0.29) is 5.02 Å². The fraction of sp³-hybridized carbons (Fsp3) is 0.0769. The molecule has 1 unspecified atom stereocenters. The molecule has 0 heterocycles. The first-order valence-electron chi connectivity index (χ1n) is 5.13. The predicted octanol–water partition coefficient (Wildman–Crippen LogP) is 6.52. The van der Waals surface area contributed by atoms with Crippen molar-refractivity contribution in [3.8, 4) is 0 Å². The summed E-state index contributed by atoms with van der Waals surface area (Å²) in [5, 5.41) is 0.636. The van der Waals surface area contributed by atoms with Gasteiger partial charge in [0.05, 0.1) is 4.83 Å². The first-order valence-corrected chi connectivity index (χ1v) is 7.60. The maximum absolute atomic E-state index is 13.3. The second-order valence-corrected chi connectivity index (χ2v) is 6.46. The molecule has 0 aromatic heterocycles. The minimum atomic E-state index is -0.977. The average Bonchev–Trinajstić information content (AvgIpc) is 2.33. The summed E-state index contributed by atoms with van der Waals surface area (Å²) in [5.74, 6) is -1.92. The van der Waals surface area contributed by atoms with Crippen molar-refractivity contribution < 1.29 is 8.78 Å². The second-order valence-electron chi connectivity index (χ2n) is 3.82. The fourth-order valence-corrected chi connectivity index (χ4v) is 3.69. The minimum Gasteiger partial charge on any atom is -0.204 e. The van der Waals surface area contributed by atoms with Gasteiger partial charge in [0.2, 0.25) is 0 Å². The molecule has 19 heavy (non-hydrogen) atoms. The molecule has 0 aliphatic rings. The van der Waals surface area contributed by atoms with Gasteiger partial charge in [0, 0.05) is 14.5 Å². The SMILES string of the molecule is Fc1cc(Cl)c(C(Br)c2ccc(Br)cc2Cl)cc1F. The summed E-state index contributed by atoms with van der Waals surface area (Å²) in [6.07, 6.45) is 0. The Morgan fingerprint density at radius 2 is 1.47 bits per heavy atom. The third kappa shape index (κ3) is 3.30. The van der Waals surface area contributed by atoms with E-state index in [9.17, 15) is 8.78 Å². The standard InChI is InChI=1S/C13H6Br2Cl2F2/c14-6-1-2-7(9(16)3-6)13(15)8-4-11(18)12(19)5-10(8)17/h1-5,13H. The third-order valence-electron chi connectivity index (χ3n) is 2.55. The Morgan fingerprint density at radius 1 is 0.895 bits per heavy atom. The lowest BCUT2D eigenvalue weighted by atomic mass is 10.0. The monoisotopic (exact) mass is 428 g/mol. The van der Waals surface area contributed by atoms with Crippen LogP contribution < -0.4 is 0 Å². The van der Waals surface area contributed by atoms with Gasteiger partial charge in [0.1, 0.15) is 0 Å². The van der Waals surface area contributed by atoms with Gasteiger partial charge in [-0.3, -0.25) is 0 Å². The molecule has 0 bridgehead atoms. The van der Waals surface area contributed by atoms with Gasteiger partial charge in [-0.1, -0.05) is 61.1 Å². The van der Waals surface area contributed by atoms with Gasteiger partial charge in [-0.2, -0.15) is 0 Å². The van der Waals surface area contributed by atoms with Crippen LogP contribution in [-0.4, -0.2) is 0 Å². The Bertz CT molecular complexity index is 632. The maximum Gasteiger partial charge on any atom is 0.160 e. The van der Waals surface area contributed by atoms with Crippen LogP contribution in [0.1, 0.15) is 16.0 Å². The quantitative estimate of drug-likeness (QED) is 0.376. The van der Waals surface area contributed by atoms with Crippen LogP contribution in [0.3, 0.4) is 0 Å². The number of alkyl halides is 1. The van der Waals surface area contributed by atoms with E-state index in [0.717, 1.165) is 22.2 Å². The van der Waals surface area contributed by atoms with Crippen LogP contribution in [0.5, 0.6) is 0 Å². The maximum atomic E-state index is 13.3. The van der Waals surface area contributed by atoms with Crippen molar-refractivity contribution in [2.24, 2.45) is 0 Å². The fourth-order valence-electron chi connectivity index (χ4n) is 1.61. The highest BCUT2D eigenvalue weighted by Crippen LogP contribution is 2.39. The number of rotatable bonds is 2. The molecule has 2 aromatic carbocycles. The molecule has 2 rings (SSSR count). The first-order chi connectivity index (χ1) is 8.90. The van der Waals surface area contributed by atoms with Gasteiger partial charge < -0.3 is 0 Å². The molecule has 100 valence electrons. The molecular formula is C13H6Br2Cl2F2. The van der Waals surface area contributed by atoms with Gasteiger partial charge in [-0.05, 0) is 35.4 Å². The largest absolute Gasteiger partial charge is 0.204 e. The lowest BCUT2D eigenvalue weighted by Crippen LogP contribution is -1.98. The zero-order valence-electron chi connectivity index (χ0n) is 9.23. The molecule has 6 heteroatoms. The van der Waals surface area contributed by atoms with E-state index in [4.69, 9.17) is 23.2 Å². The van der Waals surface area contributed by atoms with Crippen molar-refractivity contribution in [2.75, 3.05) is 0 Å². The number of benzene rings is 2. The lowest BCUT2D eigenvalue weighted by molar-refractivity contribution is 0.507.